The minimum atomic E-state index is -4.45. The summed E-state index contributed by atoms with van der Waals surface area (Å²) in [5.41, 5.74) is 0.102. The second kappa shape index (κ2) is 8.35. The molecule has 0 bridgehead atoms. The second-order valence-corrected chi connectivity index (χ2v) is 6.73. The SMILES string of the molecule is C=CCOc1ccc(C=C2SC(=Nc3cccc(C(F)(F)F)c3)NC2=O)cc1. The van der Waals surface area contributed by atoms with Gasteiger partial charge in [-0.05, 0) is 53.7 Å². The number of hydrogen-bond acceptors (Lipinski definition) is 4. The first-order valence-electron chi connectivity index (χ1n) is 8.16. The summed E-state index contributed by atoms with van der Waals surface area (Å²) in [5, 5.41) is 2.78. The van der Waals surface area contributed by atoms with Crippen LogP contribution in [0.5, 0.6) is 5.75 Å². The molecule has 0 radical (unpaired) electrons. The number of aliphatic imine (C=N–C) groups is 1. The molecule has 1 amide bonds. The number of carbonyl (C=O) groups is 1. The lowest BCUT2D eigenvalue weighted by atomic mass is 10.2. The molecule has 3 rings (SSSR count). The smallest absolute Gasteiger partial charge is 0.416 e. The van der Waals surface area contributed by atoms with E-state index in [0.29, 0.717) is 17.3 Å². The monoisotopic (exact) mass is 404 g/mol. The van der Waals surface area contributed by atoms with Gasteiger partial charge in [-0.1, -0.05) is 30.9 Å². The largest absolute Gasteiger partial charge is 0.490 e. The quantitative estimate of drug-likeness (QED) is 0.553. The van der Waals surface area contributed by atoms with Crippen molar-refractivity contribution in [2.24, 2.45) is 4.99 Å². The molecule has 1 aliphatic rings. The minimum Gasteiger partial charge on any atom is -0.490 e. The van der Waals surface area contributed by atoms with Crippen molar-refractivity contribution in [1.29, 1.82) is 0 Å². The van der Waals surface area contributed by atoms with Gasteiger partial charge in [0.2, 0.25) is 0 Å². The Hall–Kier alpha value is -3.00. The van der Waals surface area contributed by atoms with Crippen LogP contribution in [0.4, 0.5) is 18.9 Å². The van der Waals surface area contributed by atoms with E-state index in [2.05, 4.69) is 16.9 Å². The van der Waals surface area contributed by atoms with Gasteiger partial charge in [0, 0.05) is 0 Å². The molecule has 144 valence electrons. The van der Waals surface area contributed by atoms with Gasteiger partial charge in [-0.2, -0.15) is 13.2 Å². The number of amides is 1. The van der Waals surface area contributed by atoms with E-state index in [0.717, 1.165) is 29.5 Å². The second-order valence-electron chi connectivity index (χ2n) is 5.70. The maximum atomic E-state index is 12.8. The average molecular weight is 404 g/mol. The summed E-state index contributed by atoms with van der Waals surface area (Å²) in [6.07, 6.45) is -1.14. The molecule has 28 heavy (non-hydrogen) atoms. The van der Waals surface area contributed by atoms with Gasteiger partial charge in [0.15, 0.2) is 5.17 Å². The van der Waals surface area contributed by atoms with E-state index in [4.69, 9.17) is 4.74 Å². The summed E-state index contributed by atoms with van der Waals surface area (Å²) < 4.78 is 43.8. The van der Waals surface area contributed by atoms with E-state index in [9.17, 15) is 18.0 Å². The van der Waals surface area contributed by atoms with Crippen LogP contribution in [0.15, 0.2) is 71.1 Å². The van der Waals surface area contributed by atoms with Gasteiger partial charge in [0.05, 0.1) is 16.2 Å². The number of rotatable bonds is 5. The Bertz CT molecular complexity index is 951. The fourth-order valence-electron chi connectivity index (χ4n) is 2.32. The first-order chi connectivity index (χ1) is 13.3. The van der Waals surface area contributed by atoms with Crippen LogP contribution in [0.3, 0.4) is 0 Å². The standard InChI is InChI=1S/C20H15F3N2O2S/c1-2-10-27-16-8-6-13(7-9-16)11-17-18(26)25-19(28-17)24-15-5-3-4-14(12-15)20(21,22)23/h2-9,11-12H,1,10H2,(H,24,25,26). The van der Waals surface area contributed by atoms with Crippen molar-refractivity contribution in [1.82, 2.24) is 5.32 Å². The molecule has 4 nitrogen and oxygen atoms in total. The van der Waals surface area contributed by atoms with Crippen LogP contribution in [0, 0.1) is 0 Å². The van der Waals surface area contributed by atoms with Gasteiger partial charge in [-0.3, -0.25) is 4.79 Å². The lowest BCUT2D eigenvalue weighted by molar-refractivity contribution is -0.137. The minimum absolute atomic E-state index is 0.114. The Morgan fingerprint density at radius 2 is 1.93 bits per heavy atom. The summed E-state index contributed by atoms with van der Waals surface area (Å²) in [7, 11) is 0. The van der Waals surface area contributed by atoms with Crippen LogP contribution in [0.25, 0.3) is 6.08 Å². The molecule has 1 fully saturated rings. The number of carbonyl (C=O) groups excluding carboxylic acids is 1. The van der Waals surface area contributed by atoms with Crippen LogP contribution in [0.2, 0.25) is 0 Å². The topological polar surface area (TPSA) is 50.7 Å². The first kappa shape index (κ1) is 19.8. The summed E-state index contributed by atoms with van der Waals surface area (Å²) in [5.74, 6) is 0.320. The van der Waals surface area contributed by atoms with Crippen molar-refractivity contribution in [3.05, 3.63) is 77.2 Å². The molecule has 1 saturated heterocycles. The fourth-order valence-corrected chi connectivity index (χ4v) is 3.16. The zero-order valence-corrected chi connectivity index (χ0v) is 15.3. The van der Waals surface area contributed by atoms with Gasteiger partial charge < -0.3 is 10.1 Å². The van der Waals surface area contributed by atoms with Crippen LogP contribution < -0.4 is 10.1 Å². The van der Waals surface area contributed by atoms with E-state index < -0.39 is 11.7 Å². The fraction of sp³-hybridized carbons (Fsp3) is 0.100. The zero-order chi connectivity index (χ0) is 20.1. The molecular weight excluding hydrogens is 389 g/mol. The number of hydrogen-bond donors (Lipinski definition) is 1. The van der Waals surface area contributed by atoms with E-state index in [-0.39, 0.29) is 16.8 Å². The third kappa shape index (κ3) is 5.04. The maximum Gasteiger partial charge on any atom is 0.416 e. The molecule has 0 unspecified atom stereocenters. The number of nitrogens with zero attached hydrogens (tertiary/aromatic N) is 1. The third-order valence-corrected chi connectivity index (χ3v) is 4.51. The number of ether oxygens (including phenoxy) is 1. The van der Waals surface area contributed by atoms with Gasteiger partial charge in [0.1, 0.15) is 12.4 Å². The molecule has 0 spiro atoms. The molecule has 1 N–H and O–H groups in total. The van der Waals surface area contributed by atoms with Crippen LogP contribution in [0.1, 0.15) is 11.1 Å². The lowest BCUT2D eigenvalue weighted by Crippen LogP contribution is -2.19. The predicted molar refractivity (Wildman–Crippen MR) is 104 cm³/mol. The number of halogens is 3. The molecule has 1 heterocycles. The Morgan fingerprint density at radius 1 is 1.18 bits per heavy atom. The Balaban J connectivity index is 1.75. The molecule has 8 heteroatoms. The highest BCUT2D eigenvalue weighted by Gasteiger charge is 2.30. The Labute approximate surface area is 163 Å². The molecule has 1 aliphatic heterocycles. The first-order valence-corrected chi connectivity index (χ1v) is 8.97. The Morgan fingerprint density at radius 3 is 2.61 bits per heavy atom. The zero-order valence-electron chi connectivity index (χ0n) is 14.5. The summed E-state index contributed by atoms with van der Waals surface area (Å²) in [6, 6.07) is 11.7. The molecule has 0 atom stereocenters. The van der Waals surface area contributed by atoms with Crippen LogP contribution >= 0.6 is 11.8 Å². The highest BCUT2D eigenvalue weighted by Crippen LogP contribution is 2.33. The number of thioether (sulfide) groups is 1. The van der Waals surface area contributed by atoms with E-state index in [1.54, 1.807) is 36.4 Å². The van der Waals surface area contributed by atoms with Crippen molar-refractivity contribution < 1.29 is 22.7 Å². The predicted octanol–water partition coefficient (Wildman–Crippen LogP) is 5.16. The highest BCUT2D eigenvalue weighted by molar-refractivity contribution is 8.18. The van der Waals surface area contributed by atoms with Gasteiger partial charge >= 0.3 is 6.18 Å². The van der Waals surface area contributed by atoms with Crippen molar-refractivity contribution in [3.63, 3.8) is 0 Å². The van der Waals surface area contributed by atoms with Crippen molar-refractivity contribution in [2.75, 3.05) is 6.61 Å². The molecule has 0 aromatic heterocycles. The normalized spacial score (nSPS) is 17.0. The lowest BCUT2D eigenvalue weighted by Gasteiger charge is -2.06. The number of benzene rings is 2. The van der Waals surface area contributed by atoms with Crippen molar-refractivity contribution in [3.8, 4) is 5.75 Å². The van der Waals surface area contributed by atoms with E-state index in [1.807, 2.05) is 0 Å². The molecule has 0 aliphatic carbocycles. The van der Waals surface area contributed by atoms with E-state index >= 15 is 0 Å². The van der Waals surface area contributed by atoms with Crippen LogP contribution in [-0.4, -0.2) is 17.7 Å². The summed E-state index contributed by atoms with van der Waals surface area (Å²) in [6.45, 7) is 3.97. The molecule has 2 aromatic rings. The van der Waals surface area contributed by atoms with Crippen molar-refractivity contribution in [2.45, 2.75) is 6.18 Å². The summed E-state index contributed by atoms with van der Waals surface area (Å²) in [4.78, 5) is 16.6. The molecule has 0 saturated carbocycles. The molecule has 2 aromatic carbocycles. The van der Waals surface area contributed by atoms with Gasteiger partial charge in [-0.15, -0.1) is 0 Å². The van der Waals surface area contributed by atoms with Gasteiger partial charge in [0.25, 0.3) is 5.91 Å². The van der Waals surface area contributed by atoms with E-state index in [1.165, 1.54) is 12.1 Å². The third-order valence-electron chi connectivity index (χ3n) is 3.60. The highest BCUT2D eigenvalue weighted by atomic mass is 32.2. The number of alkyl halides is 3. The van der Waals surface area contributed by atoms with Crippen LogP contribution in [-0.2, 0) is 11.0 Å². The number of nitrogens with one attached hydrogen (secondary N) is 1. The summed E-state index contributed by atoms with van der Waals surface area (Å²) >= 11 is 1.06. The number of amidine groups is 1. The average Bonchev–Trinajstić information content (AvgIpc) is 2.99. The molecular formula is C20H15F3N2O2S. The Kier molecular flexibility index (Phi) is 5.89. The maximum absolute atomic E-state index is 12.8. The van der Waals surface area contributed by atoms with Crippen molar-refractivity contribution >= 4 is 34.6 Å². The van der Waals surface area contributed by atoms with Gasteiger partial charge in [-0.25, -0.2) is 4.99 Å².